The van der Waals surface area contributed by atoms with Crippen LogP contribution in [0.15, 0.2) is 30.3 Å². The highest BCUT2D eigenvalue weighted by Gasteiger charge is 2.26. The van der Waals surface area contributed by atoms with E-state index in [1.54, 1.807) is 0 Å². The molecule has 4 heteroatoms. The van der Waals surface area contributed by atoms with Crippen molar-refractivity contribution in [2.45, 2.75) is 32.4 Å². The fraction of sp³-hybridized carbons (Fsp3) is 0.562. The van der Waals surface area contributed by atoms with E-state index in [9.17, 15) is 4.79 Å². The standard InChI is InChI=1S/C16H24N2O2/c1-2-17(13-16(19)20)12-15-9-6-10-18(15)11-14-7-4-3-5-8-14/h3-5,7-8,15H,2,6,9-13H2,1H3,(H,19,20)/t15-/m1/s1. The summed E-state index contributed by atoms with van der Waals surface area (Å²) in [6, 6.07) is 11.0. The number of likely N-dealkylation sites (tertiary alicyclic amines) is 1. The van der Waals surface area contributed by atoms with E-state index in [0.29, 0.717) is 6.04 Å². The Hall–Kier alpha value is -1.39. The Bertz CT molecular complexity index is 422. The molecule has 1 aliphatic rings. The Balaban J connectivity index is 1.91. The fourth-order valence-electron chi connectivity index (χ4n) is 2.92. The minimum absolute atomic E-state index is 0.145. The highest BCUT2D eigenvalue weighted by atomic mass is 16.4. The first kappa shape index (κ1) is 15.0. The molecule has 1 saturated heterocycles. The molecule has 110 valence electrons. The second-order valence-corrected chi connectivity index (χ2v) is 5.47. The topological polar surface area (TPSA) is 43.8 Å². The van der Waals surface area contributed by atoms with Gasteiger partial charge in [0.15, 0.2) is 0 Å². The van der Waals surface area contributed by atoms with Gasteiger partial charge in [0.25, 0.3) is 0 Å². The number of nitrogens with zero attached hydrogens (tertiary/aromatic N) is 2. The van der Waals surface area contributed by atoms with Gasteiger partial charge in [0, 0.05) is 19.1 Å². The molecule has 4 nitrogen and oxygen atoms in total. The number of hydrogen-bond donors (Lipinski definition) is 1. The van der Waals surface area contributed by atoms with Crippen LogP contribution in [0, 0.1) is 0 Å². The third-order valence-corrected chi connectivity index (χ3v) is 4.00. The molecule has 1 aromatic rings. The molecule has 2 rings (SSSR count). The average molecular weight is 276 g/mol. The van der Waals surface area contributed by atoms with Gasteiger partial charge in [-0.05, 0) is 31.5 Å². The highest BCUT2D eigenvalue weighted by Crippen LogP contribution is 2.20. The summed E-state index contributed by atoms with van der Waals surface area (Å²) >= 11 is 0. The molecular formula is C16H24N2O2. The molecule has 1 N–H and O–H groups in total. The second kappa shape index (κ2) is 7.41. The van der Waals surface area contributed by atoms with Crippen LogP contribution in [0.3, 0.4) is 0 Å². The van der Waals surface area contributed by atoms with Gasteiger partial charge in [0.1, 0.15) is 0 Å². The maximum absolute atomic E-state index is 10.9. The molecule has 0 amide bonds. The predicted molar refractivity (Wildman–Crippen MR) is 79.6 cm³/mol. The van der Waals surface area contributed by atoms with Crippen LogP contribution in [-0.2, 0) is 11.3 Å². The Labute approximate surface area is 121 Å². The largest absolute Gasteiger partial charge is 0.480 e. The molecule has 0 radical (unpaired) electrons. The van der Waals surface area contributed by atoms with Gasteiger partial charge in [-0.15, -0.1) is 0 Å². The number of aliphatic carboxylic acids is 1. The number of rotatable bonds is 7. The first-order chi connectivity index (χ1) is 9.69. The predicted octanol–water partition coefficient (Wildman–Crippen LogP) is 2.06. The molecule has 20 heavy (non-hydrogen) atoms. The first-order valence-electron chi connectivity index (χ1n) is 7.41. The summed E-state index contributed by atoms with van der Waals surface area (Å²) in [5, 5.41) is 8.93. The van der Waals surface area contributed by atoms with Gasteiger partial charge >= 0.3 is 5.97 Å². The van der Waals surface area contributed by atoms with Crippen LogP contribution in [0.5, 0.6) is 0 Å². The maximum Gasteiger partial charge on any atom is 0.317 e. The van der Waals surface area contributed by atoms with Crippen LogP contribution in [0.1, 0.15) is 25.3 Å². The normalized spacial score (nSPS) is 19.6. The molecule has 1 aliphatic heterocycles. The van der Waals surface area contributed by atoms with Gasteiger partial charge in [-0.25, -0.2) is 0 Å². The molecule has 0 unspecified atom stereocenters. The van der Waals surface area contributed by atoms with Crippen LogP contribution >= 0.6 is 0 Å². The zero-order valence-corrected chi connectivity index (χ0v) is 12.2. The van der Waals surface area contributed by atoms with Gasteiger partial charge < -0.3 is 5.11 Å². The summed E-state index contributed by atoms with van der Waals surface area (Å²) in [4.78, 5) is 15.4. The Kier molecular flexibility index (Phi) is 5.56. The molecule has 1 fully saturated rings. The van der Waals surface area contributed by atoms with E-state index < -0.39 is 5.97 Å². The van der Waals surface area contributed by atoms with Crippen LogP contribution in [0.2, 0.25) is 0 Å². The number of hydrogen-bond acceptors (Lipinski definition) is 3. The van der Waals surface area contributed by atoms with Crippen molar-refractivity contribution in [3.8, 4) is 0 Å². The zero-order valence-electron chi connectivity index (χ0n) is 12.2. The van der Waals surface area contributed by atoms with Crippen molar-refractivity contribution < 1.29 is 9.90 Å². The molecule has 1 heterocycles. The van der Waals surface area contributed by atoms with Crippen molar-refractivity contribution in [1.29, 1.82) is 0 Å². The van der Waals surface area contributed by atoms with E-state index in [1.807, 2.05) is 17.9 Å². The SMILES string of the molecule is CCN(CC(=O)O)C[C@H]1CCCN1Cc1ccccc1. The van der Waals surface area contributed by atoms with Crippen molar-refractivity contribution in [2.75, 3.05) is 26.2 Å². The monoisotopic (exact) mass is 276 g/mol. The number of carboxylic acids is 1. The Morgan fingerprint density at radius 2 is 2.15 bits per heavy atom. The fourth-order valence-corrected chi connectivity index (χ4v) is 2.92. The summed E-state index contributed by atoms with van der Waals surface area (Å²) < 4.78 is 0. The molecule has 0 aliphatic carbocycles. The van der Waals surface area contributed by atoms with Crippen LogP contribution in [0.25, 0.3) is 0 Å². The maximum atomic E-state index is 10.9. The third-order valence-electron chi connectivity index (χ3n) is 4.00. The molecule has 0 spiro atoms. The lowest BCUT2D eigenvalue weighted by Gasteiger charge is -2.29. The van der Waals surface area contributed by atoms with Crippen LogP contribution in [0.4, 0.5) is 0 Å². The van der Waals surface area contributed by atoms with E-state index in [2.05, 4.69) is 29.2 Å². The zero-order chi connectivity index (χ0) is 14.4. The van der Waals surface area contributed by atoms with Crippen molar-refractivity contribution >= 4 is 5.97 Å². The van der Waals surface area contributed by atoms with E-state index in [4.69, 9.17) is 5.11 Å². The summed E-state index contributed by atoms with van der Waals surface area (Å²) in [6.45, 7) is 5.91. The smallest absolute Gasteiger partial charge is 0.317 e. The molecule has 0 aromatic heterocycles. The van der Waals surface area contributed by atoms with Gasteiger partial charge in [-0.3, -0.25) is 14.6 Å². The van der Waals surface area contributed by atoms with Gasteiger partial charge in [0.2, 0.25) is 0 Å². The summed E-state index contributed by atoms with van der Waals surface area (Å²) in [5.74, 6) is -0.737. The lowest BCUT2D eigenvalue weighted by Crippen LogP contribution is -2.42. The minimum atomic E-state index is -0.737. The van der Waals surface area contributed by atoms with E-state index in [1.165, 1.54) is 18.4 Å². The summed E-state index contributed by atoms with van der Waals surface area (Å²) in [6.07, 6.45) is 2.38. The average Bonchev–Trinajstić information content (AvgIpc) is 2.86. The lowest BCUT2D eigenvalue weighted by atomic mass is 10.1. The van der Waals surface area contributed by atoms with Gasteiger partial charge in [0.05, 0.1) is 6.54 Å². The molecule has 1 atom stereocenters. The van der Waals surface area contributed by atoms with Crippen LogP contribution in [-0.4, -0.2) is 53.1 Å². The number of likely N-dealkylation sites (N-methyl/N-ethyl adjacent to an activating group) is 1. The minimum Gasteiger partial charge on any atom is -0.480 e. The van der Waals surface area contributed by atoms with Crippen molar-refractivity contribution in [3.63, 3.8) is 0 Å². The highest BCUT2D eigenvalue weighted by molar-refractivity contribution is 5.69. The molecule has 0 bridgehead atoms. The summed E-state index contributed by atoms with van der Waals surface area (Å²) in [5.41, 5.74) is 1.33. The molecule has 0 saturated carbocycles. The number of carboxylic acid groups (broad SMARTS) is 1. The Morgan fingerprint density at radius 1 is 1.40 bits per heavy atom. The molecule has 1 aromatic carbocycles. The second-order valence-electron chi connectivity index (χ2n) is 5.47. The van der Waals surface area contributed by atoms with E-state index in [-0.39, 0.29) is 6.54 Å². The summed E-state index contributed by atoms with van der Waals surface area (Å²) in [7, 11) is 0. The van der Waals surface area contributed by atoms with Crippen molar-refractivity contribution in [3.05, 3.63) is 35.9 Å². The van der Waals surface area contributed by atoms with Crippen molar-refractivity contribution in [1.82, 2.24) is 9.80 Å². The number of benzene rings is 1. The van der Waals surface area contributed by atoms with E-state index >= 15 is 0 Å². The third kappa shape index (κ3) is 4.32. The van der Waals surface area contributed by atoms with Crippen LogP contribution < -0.4 is 0 Å². The van der Waals surface area contributed by atoms with Gasteiger partial charge in [-0.2, -0.15) is 0 Å². The quantitative estimate of drug-likeness (QED) is 0.828. The van der Waals surface area contributed by atoms with Crippen molar-refractivity contribution in [2.24, 2.45) is 0 Å². The van der Waals surface area contributed by atoms with E-state index in [0.717, 1.165) is 26.2 Å². The Morgan fingerprint density at radius 3 is 2.80 bits per heavy atom. The lowest BCUT2D eigenvalue weighted by molar-refractivity contribution is -0.138. The number of carbonyl (C=O) groups is 1. The first-order valence-corrected chi connectivity index (χ1v) is 7.41. The molecular weight excluding hydrogens is 252 g/mol. The van der Waals surface area contributed by atoms with Gasteiger partial charge in [-0.1, -0.05) is 37.3 Å².